The van der Waals surface area contributed by atoms with Crippen molar-refractivity contribution in [1.82, 2.24) is 10.6 Å². The van der Waals surface area contributed by atoms with Crippen LogP contribution in [0.2, 0.25) is 5.22 Å². The maximum absolute atomic E-state index is 11.4. The Balaban J connectivity index is 1.49. The maximum atomic E-state index is 11.4. The molecule has 1 aromatic rings. The molecule has 0 aliphatic heterocycles. The second kappa shape index (κ2) is 6.07. The SMILES string of the molecule is O=C(CCCNCc1ccc(Cl)o1)NC1CC1. The fourth-order valence-corrected chi connectivity index (χ4v) is 1.72. The lowest BCUT2D eigenvalue weighted by Gasteiger charge is -2.04. The first kappa shape index (κ1) is 12.5. The third kappa shape index (κ3) is 4.79. The zero-order chi connectivity index (χ0) is 12.1. The van der Waals surface area contributed by atoms with Crippen LogP contribution >= 0.6 is 11.6 Å². The van der Waals surface area contributed by atoms with Gasteiger partial charge in [0.15, 0.2) is 5.22 Å². The minimum Gasteiger partial charge on any atom is -0.448 e. The van der Waals surface area contributed by atoms with E-state index in [9.17, 15) is 4.79 Å². The molecular weight excluding hydrogens is 240 g/mol. The Labute approximate surface area is 106 Å². The predicted octanol–water partition coefficient (Wildman–Crippen LogP) is 2.08. The van der Waals surface area contributed by atoms with Gasteiger partial charge in [-0.25, -0.2) is 0 Å². The molecule has 0 bridgehead atoms. The van der Waals surface area contributed by atoms with Gasteiger partial charge in [0.2, 0.25) is 5.91 Å². The Bertz CT molecular complexity index is 374. The highest BCUT2D eigenvalue weighted by atomic mass is 35.5. The highest BCUT2D eigenvalue weighted by molar-refractivity contribution is 6.28. The molecule has 2 N–H and O–H groups in total. The molecule has 0 saturated heterocycles. The van der Waals surface area contributed by atoms with Gasteiger partial charge < -0.3 is 15.1 Å². The Hall–Kier alpha value is -1.00. The molecule has 2 rings (SSSR count). The summed E-state index contributed by atoms with van der Waals surface area (Å²) in [5, 5.41) is 6.58. The number of halogens is 1. The summed E-state index contributed by atoms with van der Waals surface area (Å²) >= 11 is 5.65. The molecule has 1 fully saturated rings. The molecule has 1 aliphatic carbocycles. The van der Waals surface area contributed by atoms with Gasteiger partial charge in [-0.1, -0.05) is 0 Å². The fraction of sp³-hybridized carbons (Fsp3) is 0.583. The van der Waals surface area contributed by atoms with Crippen LogP contribution in [0.4, 0.5) is 0 Å². The van der Waals surface area contributed by atoms with Crippen LogP contribution in [-0.4, -0.2) is 18.5 Å². The van der Waals surface area contributed by atoms with E-state index in [1.807, 2.05) is 6.07 Å². The van der Waals surface area contributed by atoms with Crippen LogP contribution in [0.1, 0.15) is 31.4 Å². The summed E-state index contributed by atoms with van der Waals surface area (Å²) in [5.74, 6) is 0.979. The zero-order valence-electron chi connectivity index (χ0n) is 9.67. The summed E-state index contributed by atoms with van der Waals surface area (Å²) in [6, 6.07) is 4.03. The van der Waals surface area contributed by atoms with Gasteiger partial charge in [0.05, 0.1) is 6.54 Å². The lowest BCUT2D eigenvalue weighted by atomic mass is 10.3. The van der Waals surface area contributed by atoms with Gasteiger partial charge in [-0.2, -0.15) is 0 Å². The molecule has 17 heavy (non-hydrogen) atoms. The lowest BCUT2D eigenvalue weighted by Crippen LogP contribution is -2.26. The van der Waals surface area contributed by atoms with Crippen molar-refractivity contribution in [3.63, 3.8) is 0 Å². The van der Waals surface area contributed by atoms with Gasteiger partial charge in [0.25, 0.3) is 0 Å². The molecule has 1 heterocycles. The Morgan fingerprint density at radius 3 is 2.94 bits per heavy atom. The van der Waals surface area contributed by atoms with Gasteiger partial charge >= 0.3 is 0 Å². The van der Waals surface area contributed by atoms with Crippen LogP contribution in [0.3, 0.4) is 0 Å². The van der Waals surface area contributed by atoms with E-state index in [1.54, 1.807) is 6.07 Å². The van der Waals surface area contributed by atoms with Crippen LogP contribution < -0.4 is 10.6 Å². The number of nitrogens with one attached hydrogen (secondary N) is 2. The highest BCUT2D eigenvalue weighted by Gasteiger charge is 2.22. The topological polar surface area (TPSA) is 54.3 Å². The van der Waals surface area contributed by atoms with E-state index in [0.29, 0.717) is 24.2 Å². The smallest absolute Gasteiger partial charge is 0.220 e. The van der Waals surface area contributed by atoms with E-state index in [1.165, 1.54) is 0 Å². The van der Waals surface area contributed by atoms with Crippen LogP contribution in [0.25, 0.3) is 0 Å². The van der Waals surface area contributed by atoms with Crippen molar-refractivity contribution in [2.45, 2.75) is 38.3 Å². The fourth-order valence-electron chi connectivity index (χ4n) is 1.56. The number of carbonyl (C=O) groups is 1. The molecule has 1 aliphatic rings. The molecule has 94 valence electrons. The van der Waals surface area contributed by atoms with Crippen molar-refractivity contribution in [1.29, 1.82) is 0 Å². The van der Waals surface area contributed by atoms with E-state index in [4.69, 9.17) is 16.0 Å². The maximum Gasteiger partial charge on any atom is 0.220 e. The molecule has 0 atom stereocenters. The van der Waals surface area contributed by atoms with Gasteiger partial charge in [-0.15, -0.1) is 0 Å². The first-order valence-electron chi connectivity index (χ1n) is 5.98. The number of carbonyl (C=O) groups excluding carboxylic acids is 1. The van der Waals surface area contributed by atoms with Crippen LogP contribution in [0.5, 0.6) is 0 Å². The Morgan fingerprint density at radius 2 is 2.29 bits per heavy atom. The summed E-state index contributed by atoms with van der Waals surface area (Å²) in [5.41, 5.74) is 0. The van der Waals surface area contributed by atoms with Crippen molar-refractivity contribution in [2.75, 3.05) is 6.54 Å². The number of amides is 1. The number of rotatable bonds is 7. The number of hydrogen-bond donors (Lipinski definition) is 2. The van der Waals surface area contributed by atoms with Gasteiger partial charge in [-0.3, -0.25) is 4.79 Å². The summed E-state index contributed by atoms with van der Waals surface area (Å²) in [7, 11) is 0. The quantitative estimate of drug-likeness (QED) is 0.735. The normalized spacial score (nSPS) is 14.9. The molecule has 4 nitrogen and oxygen atoms in total. The molecule has 0 spiro atoms. The Kier molecular flexibility index (Phi) is 4.45. The standard InChI is InChI=1S/C12H17ClN2O2/c13-11-6-5-10(17-11)8-14-7-1-2-12(16)15-9-3-4-9/h5-6,9,14H,1-4,7-8H2,(H,15,16). The lowest BCUT2D eigenvalue weighted by molar-refractivity contribution is -0.121. The third-order valence-electron chi connectivity index (χ3n) is 2.63. The summed E-state index contributed by atoms with van der Waals surface area (Å²) in [6.45, 7) is 1.45. The van der Waals surface area contributed by atoms with Crippen molar-refractivity contribution >= 4 is 17.5 Å². The zero-order valence-corrected chi connectivity index (χ0v) is 10.4. The first-order valence-corrected chi connectivity index (χ1v) is 6.36. The van der Waals surface area contributed by atoms with Crippen molar-refractivity contribution in [2.24, 2.45) is 0 Å². The number of hydrogen-bond acceptors (Lipinski definition) is 3. The van der Waals surface area contributed by atoms with E-state index < -0.39 is 0 Å². The second-order valence-corrected chi connectivity index (χ2v) is 4.70. The summed E-state index contributed by atoms with van der Waals surface area (Å²) in [4.78, 5) is 11.4. The van der Waals surface area contributed by atoms with Gasteiger partial charge in [0, 0.05) is 12.5 Å². The average molecular weight is 257 g/mol. The van der Waals surface area contributed by atoms with Crippen LogP contribution in [-0.2, 0) is 11.3 Å². The molecule has 1 saturated carbocycles. The minimum atomic E-state index is 0.162. The molecule has 1 amide bonds. The largest absolute Gasteiger partial charge is 0.448 e. The molecule has 1 aromatic heterocycles. The van der Waals surface area contributed by atoms with Crippen molar-refractivity contribution < 1.29 is 9.21 Å². The van der Waals surface area contributed by atoms with Crippen LogP contribution in [0, 0.1) is 0 Å². The highest BCUT2D eigenvalue weighted by Crippen LogP contribution is 2.18. The van der Waals surface area contributed by atoms with Gasteiger partial charge in [-0.05, 0) is 49.5 Å². The van der Waals surface area contributed by atoms with E-state index in [0.717, 1.165) is 31.6 Å². The van der Waals surface area contributed by atoms with E-state index in [-0.39, 0.29) is 5.91 Å². The molecule has 0 radical (unpaired) electrons. The Morgan fingerprint density at radius 1 is 1.47 bits per heavy atom. The van der Waals surface area contributed by atoms with E-state index >= 15 is 0 Å². The third-order valence-corrected chi connectivity index (χ3v) is 2.83. The molecular formula is C12H17ClN2O2. The first-order chi connectivity index (χ1) is 8.24. The van der Waals surface area contributed by atoms with Crippen molar-refractivity contribution in [3.8, 4) is 0 Å². The molecule has 0 unspecified atom stereocenters. The minimum absolute atomic E-state index is 0.162. The predicted molar refractivity (Wildman–Crippen MR) is 65.8 cm³/mol. The second-order valence-electron chi connectivity index (χ2n) is 4.33. The van der Waals surface area contributed by atoms with Gasteiger partial charge in [0.1, 0.15) is 5.76 Å². The average Bonchev–Trinajstić information content (AvgIpc) is 3.00. The molecule has 0 aromatic carbocycles. The van der Waals surface area contributed by atoms with E-state index in [2.05, 4.69) is 10.6 Å². The van der Waals surface area contributed by atoms with Crippen molar-refractivity contribution in [3.05, 3.63) is 23.1 Å². The monoisotopic (exact) mass is 256 g/mol. The van der Waals surface area contributed by atoms with Crippen LogP contribution in [0.15, 0.2) is 16.5 Å². The summed E-state index contributed by atoms with van der Waals surface area (Å²) in [6.07, 6.45) is 3.71. The molecule has 5 heteroatoms. The summed E-state index contributed by atoms with van der Waals surface area (Å²) < 4.78 is 5.20. The number of furan rings is 1.